The molecule has 0 spiro atoms. The highest BCUT2D eigenvalue weighted by Gasteiger charge is 2.52. The number of rotatable bonds is 7. The number of hydrogen-bond donors (Lipinski definition) is 2. The number of amides is 2. The van der Waals surface area contributed by atoms with Gasteiger partial charge in [0.1, 0.15) is 0 Å². The van der Waals surface area contributed by atoms with Crippen LogP contribution in [0.5, 0.6) is 0 Å². The number of nitrogens with zero attached hydrogens (tertiary/aromatic N) is 2. The van der Waals surface area contributed by atoms with Crippen molar-refractivity contribution in [2.45, 2.75) is 25.5 Å². The third kappa shape index (κ3) is 4.00. The first-order valence-corrected chi connectivity index (χ1v) is 13.7. The molecule has 39 heavy (non-hydrogen) atoms. The van der Waals surface area contributed by atoms with Gasteiger partial charge in [-0.3, -0.25) is 14.5 Å². The summed E-state index contributed by atoms with van der Waals surface area (Å²) in [5, 5.41) is 22.9. The van der Waals surface area contributed by atoms with Crippen molar-refractivity contribution in [3.63, 3.8) is 0 Å². The highest BCUT2D eigenvalue weighted by atomic mass is 79.9. The lowest BCUT2D eigenvalue weighted by Crippen LogP contribution is -2.44. The van der Waals surface area contributed by atoms with E-state index in [1.54, 1.807) is 34.9 Å². The van der Waals surface area contributed by atoms with Crippen LogP contribution in [-0.4, -0.2) is 28.6 Å². The number of hydrogen-bond acceptors (Lipinski definition) is 4. The van der Waals surface area contributed by atoms with Crippen molar-refractivity contribution in [3.8, 4) is 0 Å². The van der Waals surface area contributed by atoms with Crippen molar-refractivity contribution >= 4 is 55.6 Å². The van der Waals surface area contributed by atoms with Gasteiger partial charge in [0.2, 0.25) is 0 Å². The van der Waals surface area contributed by atoms with Crippen LogP contribution in [0, 0.1) is 5.92 Å². The van der Waals surface area contributed by atoms with Gasteiger partial charge in [-0.25, -0.2) is 0 Å². The van der Waals surface area contributed by atoms with Gasteiger partial charge in [-0.1, -0.05) is 71.4 Å². The van der Waals surface area contributed by atoms with Crippen molar-refractivity contribution < 1.29 is 19.8 Å². The molecule has 2 amide bonds. The van der Waals surface area contributed by atoms with Gasteiger partial charge in [0.25, 0.3) is 11.8 Å². The van der Waals surface area contributed by atoms with Crippen LogP contribution in [0.4, 0.5) is 17.1 Å². The largest absolute Gasteiger partial charge is 0.396 e. The Balaban J connectivity index is 1.30. The van der Waals surface area contributed by atoms with E-state index in [0.717, 1.165) is 32.2 Å². The Morgan fingerprint density at radius 2 is 1.72 bits per heavy atom. The van der Waals surface area contributed by atoms with Crippen LogP contribution in [0.3, 0.4) is 0 Å². The number of halogens is 1. The maximum Gasteiger partial charge on any atom is 0.264 e. The topological polar surface area (TPSA) is 81.1 Å². The second-order valence-corrected chi connectivity index (χ2v) is 11.0. The van der Waals surface area contributed by atoms with E-state index in [-0.39, 0.29) is 19.1 Å². The molecule has 4 aromatic carbocycles. The molecular weight excluding hydrogens is 556 g/mol. The van der Waals surface area contributed by atoms with Crippen LogP contribution in [0.25, 0.3) is 10.8 Å². The second kappa shape index (κ2) is 9.75. The molecule has 2 atom stereocenters. The lowest BCUT2D eigenvalue weighted by atomic mass is 9.83. The van der Waals surface area contributed by atoms with E-state index in [9.17, 15) is 14.7 Å². The molecule has 7 heteroatoms. The molecule has 196 valence electrons. The van der Waals surface area contributed by atoms with E-state index < -0.39 is 17.4 Å². The number of carbonyl (C=O) groups excluding carboxylic acids is 2. The minimum atomic E-state index is -1.72. The molecule has 2 heterocycles. The van der Waals surface area contributed by atoms with Crippen LogP contribution in [-0.2, 0) is 16.9 Å². The van der Waals surface area contributed by atoms with Gasteiger partial charge in [-0.2, -0.15) is 0 Å². The molecule has 0 aliphatic carbocycles. The van der Waals surface area contributed by atoms with Crippen molar-refractivity contribution in [1.29, 1.82) is 0 Å². The Morgan fingerprint density at radius 3 is 2.46 bits per heavy atom. The third-order valence-electron chi connectivity index (χ3n) is 7.70. The number of benzene rings is 4. The van der Waals surface area contributed by atoms with Gasteiger partial charge < -0.3 is 15.1 Å². The van der Waals surface area contributed by atoms with Crippen LogP contribution < -0.4 is 9.80 Å². The summed E-state index contributed by atoms with van der Waals surface area (Å²) in [5.74, 6) is -0.947. The molecule has 2 aliphatic heterocycles. The minimum Gasteiger partial charge on any atom is -0.396 e. The van der Waals surface area contributed by atoms with Crippen LogP contribution in [0.1, 0.15) is 34.8 Å². The normalized spacial score (nSPS) is 19.0. The highest BCUT2D eigenvalue weighted by molar-refractivity contribution is 9.10. The van der Waals surface area contributed by atoms with Gasteiger partial charge in [-0.15, -0.1) is 0 Å². The fourth-order valence-electron chi connectivity index (χ4n) is 5.70. The Bertz CT molecular complexity index is 1640. The standard InChI is InChI=1S/C32H27BrN2O4/c1-20(6-2-3-17-36)32(39)26-18-23(33)13-16-27(26)34(31(32)38)19-21-11-14-24(15-12-21)35-28-10-5-8-22-7-4-9-25(29(22)28)30(35)37/h2,4-16,18,20,36,39H,3,17,19H2,1H3/b6-2+/t20-,32+/m1/s1. The van der Waals surface area contributed by atoms with E-state index in [1.807, 2.05) is 72.8 Å². The zero-order valence-corrected chi connectivity index (χ0v) is 22.9. The number of aliphatic hydroxyl groups excluding tert-OH is 1. The molecule has 0 fully saturated rings. The van der Waals surface area contributed by atoms with Crippen molar-refractivity contribution in [3.05, 3.63) is 112 Å². The summed E-state index contributed by atoms with van der Waals surface area (Å²) in [6.07, 6.45) is 4.02. The van der Waals surface area contributed by atoms with Crippen molar-refractivity contribution in [2.75, 3.05) is 16.4 Å². The average Bonchev–Trinajstić information content (AvgIpc) is 3.35. The fourth-order valence-corrected chi connectivity index (χ4v) is 6.06. The highest BCUT2D eigenvalue weighted by Crippen LogP contribution is 2.47. The summed E-state index contributed by atoms with van der Waals surface area (Å²) >= 11 is 3.48. The Morgan fingerprint density at radius 1 is 0.974 bits per heavy atom. The summed E-state index contributed by atoms with van der Waals surface area (Å²) in [6, 6.07) is 24.8. The fraction of sp³-hybridized carbons (Fsp3) is 0.188. The molecule has 2 N–H and O–H groups in total. The van der Waals surface area contributed by atoms with Gasteiger partial charge >= 0.3 is 0 Å². The van der Waals surface area contributed by atoms with E-state index >= 15 is 0 Å². The first-order valence-electron chi connectivity index (χ1n) is 12.9. The molecule has 0 saturated carbocycles. The molecule has 0 radical (unpaired) electrons. The summed E-state index contributed by atoms with van der Waals surface area (Å²) in [7, 11) is 0. The maximum atomic E-state index is 13.7. The molecule has 0 unspecified atom stereocenters. The van der Waals surface area contributed by atoms with E-state index in [2.05, 4.69) is 15.9 Å². The molecule has 0 saturated heterocycles. The zero-order chi connectivity index (χ0) is 27.3. The predicted octanol–water partition coefficient (Wildman–Crippen LogP) is 6.20. The third-order valence-corrected chi connectivity index (χ3v) is 8.20. The van der Waals surface area contributed by atoms with Crippen LogP contribution in [0.15, 0.2) is 95.5 Å². The minimum absolute atomic E-state index is 0.00408. The first kappa shape index (κ1) is 25.5. The predicted molar refractivity (Wildman–Crippen MR) is 156 cm³/mol. The quantitative estimate of drug-likeness (QED) is 0.254. The lowest BCUT2D eigenvalue weighted by molar-refractivity contribution is -0.139. The van der Waals surface area contributed by atoms with Crippen molar-refractivity contribution in [2.24, 2.45) is 5.92 Å². The van der Waals surface area contributed by atoms with E-state index in [0.29, 0.717) is 23.2 Å². The molecule has 6 nitrogen and oxygen atoms in total. The molecule has 6 rings (SSSR count). The van der Waals surface area contributed by atoms with E-state index in [4.69, 9.17) is 5.11 Å². The Labute approximate surface area is 234 Å². The number of fused-ring (bicyclic) bond motifs is 1. The zero-order valence-electron chi connectivity index (χ0n) is 21.3. The summed E-state index contributed by atoms with van der Waals surface area (Å²) in [4.78, 5) is 30.4. The Hall–Kier alpha value is -3.78. The summed E-state index contributed by atoms with van der Waals surface area (Å²) in [6.45, 7) is 2.08. The van der Waals surface area contributed by atoms with E-state index in [1.165, 1.54) is 0 Å². The molecular formula is C32H27BrN2O4. The van der Waals surface area contributed by atoms with Gasteiger partial charge in [0, 0.05) is 33.6 Å². The lowest BCUT2D eigenvalue weighted by Gasteiger charge is -2.28. The summed E-state index contributed by atoms with van der Waals surface area (Å²) < 4.78 is 0.775. The SMILES string of the molecule is C[C@H](/C=C/CCO)[C@@]1(O)C(=O)N(Cc2ccc(N3C(=O)c4cccc5cccc3c45)cc2)c2ccc(Br)cc21. The first-order chi connectivity index (χ1) is 18.8. The Kier molecular flexibility index (Phi) is 6.38. The molecule has 2 aliphatic rings. The molecule has 0 aromatic heterocycles. The van der Waals surface area contributed by atoms with Crippen LogP contribution in [0.2, 0.25) is 0 Å². The van der Waals surface area contributed by atoms with Gasteiger partial charge in [0.15, 0.2) is 5.60 Å². The average molecular weight is 583 g/mol. The monoisotopic (exact) mass is 582 g/mol. The number of aliphatic hydroxyl groups is 2. The number of carbonyl (C=O) groups is 2. The molecule has 4 aromatic rings. The second-order valence-electron chi connectivity index (χ2n) is 10.0. The number of anilines is 3. The summed E-state index contributed by atoms with van der Waals surface area (Å²) in [5.41, 5.74) is 2.67. The smallest absolute Gasteiger partial charge is 0.264 e. The van der Waals surface area contributed by atoms with Gasteiger partial charge in [-0.05, 0) is 59.8 Å². The van der Waals surface area contributed by atoms with Gasteiger partial charge in [0.05, 0.1) is 23.5 Å². The maximum absolute atomic E-state index is 13.7. The molecule has 0 bridgehead atoms. The van der Waals surface area contributed by atoms with Crippen molar-refractivity contribution in [1.82, 2.24) is 0 Å². The van der Waals surface area contributed by atoms with Crippen LogP contribution >= 0.6 is 15.9 Å².